The summed E-state index contributed by atoms with van der Waals surface area (Å²) in [6, 6.07) is 19.1. The van der Waals surface area contributed by atoms with Gasteiger partial charge in [-0.05, 0) is 77.9 Å². The summed E-state index contributed by atoms with van der Waals surface area (Å²) in [6.07, 6.45) is 13.6. The average molecular weight is 683 g/mol. The van der Waals surface area contributed by atoms with Crippen LogP contribution in [0.25, 0.3) is 0 Å². The number of ether oxygens (including phenoxy) is 4. The van der Waals surface area contributed by atoms with E-state index in [2.05, 4.69) is 20.3 Å². The van der Waals surface area contributed by atoms with Crippen molar-refractivity contribution in [3.63, 3.8) is 0 Å². The van der Waals surface area contributed by atoms with E-state index in [1.807, 2.05) is 13.8 Å². The molecule has 12 heteroatoms. The Kier molecular flexibility index (Phi) is 10.0. The van der Waals surface area contributed by atoms with Gasteiger partial charge in [-0.1, -0.05) is 32.1 Å². The first-order chi connectivity index (χ1) is 24.7. The Hall–Kier alpha value is -6.95. The van der Waals surface area contributed by atoms with Crippen LogP contribution in [-0.4, -0.2) is 45.4 Å². The summed E-state index contributed by atoms with van der Waals surface area (Å²) in [4.78, 5) is 64.2. The number of dihydropyridines is 1. The first kappa shape index (κ1) is 33.9. The summed E-state index contributed by atoms with van der Waals surface area (Å²) >= 11 is 0. The number of benzene rings is 2. The molecular formula is C39H30N4O8. The number of hydrogen-bond acceptors (Lipinski definition) is 12. The van der Waals surface area contributed by atoms with Gasteiger partial charge >= 0.3 is 23.9 Å². The van der Waals surface area contributed by atoms with E-state index in [1.54, 1.807) is 72.8 Å². The predicted octanol–water partition coefficient (Wildman–Crippen LogP) is 5.80. The van der Waals surface area contributed by atoms with Gasteiger partial charge in [0.1, 0.15) is 0 Å². The molecule has 0 aliphatic carbocycles. The molecule has 0 saturated heterocycles. The summed E-state index contributed by atoms with van der Waals surface area (Å²) in [5.41, 5.74) is 1.29. The van der Waals surface area contributed by atoms with Crippen LogP contribution in [0.1, 0.15) is 56.0 Å². The molecule has 1 aliphatic rings. The van der Waals surface area contributed by atoms with E-state index in [1.165, 1.54) is 55.5 Å². The number of aromatic nitrogens is 3. The largest absolute Gasteiger partial charge is 0.419 e. The normalized spacial score (nSPS) is 12.2. The van der Waals surface area contributed by atoms with Crippen LogP contribution in [0.3, 0.4) is 0 Å². The Balaban J connectivity index is 1.36. The number of nitrogens with one attached hydrogen (secondary N) is 1. The Morgan fingerprint density at radius 3 is 1.41 bits per heavy atom. The molecule has 0 unspecified atom stereocenters. The highest BCUT2D eigenvalue weighted by Gasteiger charge is 2.29. The summed E-state index contributed by atoms with van der Waals surface area (Å²) < 4.78 is 22.9. The molecule has 0 spiro atoms. The zero-order valence-corrected chi connectivity index (χ0v) is 27.4. The molecule has 6 rings (SSSR count). The van der Waals surface area contributed by atoms with E-state index in [0.717, 1.165) is 0 Å². The summed E-state index contributed by atoms with van der Waals surface area (Å²) in [6.45, 7) is 4.37. The smallest absolute Gasteiger partial charge is 0.345 e. The van der Waals surface area contributed by atoms with Crippen molar-refractivity contribution in [2.75, 3.05) is 6.54 Å². The SMILES string of the molecule is CC(C)(c1ccc(OC(=O)C2=CNCC=C2)c(OC(=O)c2cccnc2)c1)c1ccc(OC(=O)c2cccnc2)c(OC(=O)c2cccnc2)c1. The van der Waals surface area contributed by atoms with Gasteiger partial charge in [-0.3, -0.25) is 15.0 Å². The molecule has 0 atom stereocenters. The Morgan fingerprint density at radius 2 is 1.02 bits per heavy atom. The fourth-order valence-corrected chi connectivity index (χ4v) is 4.97. The Labute approximate surface area is 292 Å². The van der Waals surface area contributed by atoms with Crippen LogP contribution in [0.4, 0.5) is 0 Å². The van der Waals surface area contributed by atoms with Crippen molar-refractivity contribution in [1.82, 2.24) is 20.3 Å². The Bertz CT molecular complexity index is 2150. The second-order valence-corrected chi connectivity index (χ2v) is 11.6. The maximum atomic E-state index is 13.1. The molecule has 2 aromatic carbocycles. The van der Waals surface area contributed by atoms with E-state index in [9.17, 15) is 19.2 Å². The third-order valence-electron chi connectivity index (χ3n) is 7.86. The zero-order chi connectivity index (χ0) is 35.8. The molecule has 0 saturated carbocycles. The lowest BCUT2D eigenvalue weighted by Gasteiger charge is -2.28. The van der Waals surface area contributed by atoms with Gasteiger partial charge in [0.05, 0.1) is 22.3 Å². The van der Waals surface area contributed by atoms with Gasteiger partial charge in [-0.2, -0.15) is 0 Å². The summed E-state index contributed by atoms with van der Waals surface area (Å²) in [7, 11) is 0. The molecule has 0 fully saturated rings. The van der Waals surface area contributed by atoms with Gasteiger partial charge in [-0.25, -0.2) is 19.2 Å². The van der Waals surface area contributed by atoms with Crippen molar-refractivity contribution in [3.05, 3.63) is 162 Å². The lowest BCUT2D eigenvalue weighted by atomic mass is 9.78. The first-order valence-corrected chi connectivity index (χ1v) is 15.7. The average Bonchev–Trinajstić information content (AvgIpc) is 3.17. The third kappa shape index (κ3) is 8.03. The molecule has 3 aromatic heterocycles. The lowest BCUT2D eigenvalue weighted by molar-refractivity contribution is -0.129. The quantitative estimate of drug-likeness (QED) is 0.140. The van der Waals surface area contributed by atoms with Gasteiger partial charge in [-0.15, -0.1) is 0 Å². The van der Waals surface area contributed by atoms with Crippen LogP contribution in [0.15, 0.2) is 134 Å². The molecule has 5 aromatic rings. The Morgan fingerprint density at radius 1 is 0.588 bits per heavy atom. The predicted molar refractivity (Wildman–Crippen MR) is 183 cm³/mol. The molecule has 0 radical (unpaired) electrons. The van der Waals surface area contributed by atoms with Gasteiger partial charge in [0.25, 0.3) is 0 Å². The van der Waals surface area contributed by atoms with Crippen molar-refractivity contribution >= 4 is 23.9 Å². The van der Waals surface area contributed by atoms with Crippen molar-refractivity contribution in [1.29, 1.82) is 0 Å². The standard InChI is InChI=1S/C39H30N4O8/c1-39(2,29-11-13-31(48-35(44)25-7-3-15-40-21-25)33(19-29)50-37(46)27-9-5-17-42-23-27)30-12-14-32(49-36(45)26-8-4-16-41-22-26)34(20-30)51-38(47)28-10-6-18-43-24-28/h3-15,17-24,41H,16H2,1-2H3. The van der Waals surface area contributed by atoms with E-state index >= 15 is 0 Å². The number of hydrogen-bond donors (Lipinski definition) is 1. The van der Waals surface area contributed by atoms with Crippen molar-refractivity contribution in [2.45, 2.75) is 19.3 Å². The third-order valence-corrected chi connectivity index (χ3v) is 7.86. The second-order valence-electron chi connectivity index (χ2n) is 11.6. The van der Waals surface area contributed by atoms with E-state index < -0.39 is 29.3 Å². The molecule has 4 heterocycles. The van der Waals surface area contributed by atoms with Crippen LogP contribution >= 0.6 is 0 Å². The number of pyridine rings is 3. The fourth-order valence-electron chi connectivity index (χ4n) is 4.97. The molecule has 0 bridgehead atoms. The van der Waals surface area contributed by atoms with Crippen LogP contribution in [0.5, 0.6) is 23.0 Å². The van der Waals surface area contributed by atoms with E-state index in [4.69, 9.17) is 18.9 Å². The van der Waals surface area contributed by atoms with Gasteiger partial charge in [0, 0.05) is 55.3 Å². The molecule has 12 nitrogen and oxygen atoms in total. The fraction of sp³-hybridized carbons (Fsp3) is 0.103. The van der Waals surface area contributed by atoms with Gasteiger partial charge in [0.15, 0.2) is 23.0 Å². The van der Waals surface area contributed by atoms with Crippen LogP contribution in [0, 0.1) is 0 Å². The molecular weight excluding hydrogens is 652 g/mol. The first-order valence-electron chi connectivity index (χ1n) is 15.7. The van der Waals surface area contributed by atoms with Crippen molar-refractivity contribution in [3.8, 4) is 23.0 Å². The number of carbonyl (C=O) groups excluding carboxylic acids is 4. The number of nitrogens with zero attached hydrogens (tertiary/aromatic N) is 3. The molecule has 1 N–H and O–H groups in total. The minimum atomic E-state index is -0.849. The lowest BCUT2D eigenvalue weighted by Crippen LogP contribution is -2.21. The minimum absolute atomic E-state index is 0.00505. The van der Waals surface area contributed by atoms with Crippen molar-refractivity contribution < 1.29 is 38.1 Å². The van der Waals surface area contributed by atoms with E-state index in [-0.39, 0.29) is 45.3 Å². The molecule has 0 amide bonds. The monoisotopic (exact) mass is 682 g/mol. The second kappa shape index (κ2) is 15.1. The van der Waals surface area contributed by atoms with Gasteiger partial charge < -0.3 is 24.3 Å². The maximum absolute atomic E-state index is 13.1. The molecule has 1 aliphatic heterocycles. The van der Waals surface area contributed by atoms with Gasteiger partial charge in [0.2, 0.25) is 0 Å². The highest BCUT2D eigenvalue weighted by atomic mass is 16.6. The van der Waals surface area contributed by atoms with Crippen LogP contribution in [0.2, 0.25) is 0 Å². The summed E-state index contributed by atoms with van der Waals surface area (Å²) in [5.74, 6) is -2.81. The molecule has 51 heavy (non-hydrogen) atoms. The highest BCUT2D eigenvalue weighted by molar-refractivity contribution is 5.95. The number of esters is 4. The summed E-state index contributed by atoms with van der Waals surface area (Å²) in [5, 5.41) is 2.96. The number of rotatable bonds is 10. The van der Waals surface area contributed by atoms with Crippen LogP contribution < -0.4 is 24.3 Å². The molecule has 254 valence electrons. The number of carbonyl (C=O) groups is 4. The topological polar surface area (TPSA) is 156 Å². The highest BCUT2D eigenvalue weighted by Crippen LogP contribution is 2.41. The van der Waals surface area contributed by atoms with Crippen LogP contribution in [-0.2, 0) is 10.2 Å². The zero-order valence-electron chi connectivity index (χ0n) is 27.4. The van der Waals surface area contributed by atoms with E-state index in [0.29, 0.717) is 17.7 Å². The maximum Gasteiger partial charge on any atom is 0.345 e. The van der Waals surface area contributed by atoms with Crippen molar-refractivity contribution in [2.24, 2.45) is 0 Å². The minimum Gasteiger partial charge on any atom is -0.419 e.